The van der Waals surface area contributed by atoms with E-state index in [9.17, 15) is 20.0 Å². The summed E-state index contributed by atoms with van der Waals surface area (Å²) in [5, 5.41) is 23.6. The molecule has 0 aliphatic rings. The number of nitrogens with one attached hydrogen (secondary N) is 1. The lowest BCUT2D eigenvalue weighted by Gasteiger charge is -2.09. The van der Waals surface area contributed by atoms with Gasteiger partial charge in [-0.15, -0.1) is 0 Å². The highest BCUT2D eigenvalue weighted by atomic mass is 35.5. The Morgan fingerprint density at radius 2 is 1.59 bits per heavy atom. The maximum Gasteiger partial charge on any atom is 0.336 e. The number of carboxylic acid groups (broad SMARTS) is 1. The van der Waals surface area contributed by atoms with Crippen LogP contribution in [0.4, 0.5) is 5.69 Å². The Hall–Kier alpha value is -4.71. The van der Waals surface area contributed by atoms with Gasteiger partial charge in [0.05, 0.1) is 33.8 Å². The van der Waals surface area contributed by atoms with Gasteiger partial charge in [0.2, 0.25) is 5.91 Å². The van der Waals surface area contributed by atoms with Crippen molar-refractivity contribution in [3.63, 3.8) is 0 Å². The van der Waals surface area contributed by atoms with Gasteiger partial charge in [0, 0.05) is 27.2 Å². The van der Waals surface area contributed by atoms with Gasteiger partial charge in [-0.3, -0.25) is 4.79 Å². The predicted molar refractivity (Wildman–Crippen MR) is 153 cm³/mol. The smallest absolute Gasteiger partial charge is 0.336 e. The molecule has 190 valence electrons. The van der Waals surface area contributed by atoms with Crippen LogP contribution in [0, 0.1) is 11.3 Å². The molecule has 2 heterocycles. The third-order valence-electron chi connectivity index (χ3n) is 5.87. The Morgan fingerprint density at radius 3 is 2.31 bits per heavy atom. The number of aromatic nitrogens is 2. The Bertz CT molecular complexity index is 1750. The van der Waals surface area contributed by atoms with Crippen molar-refractivity contribution >= 4 is 51.8 Å². The van der Waals surface area contributed by atoms with Crippen molar-refractivity contribution in [2.75, 3.05) is 11.1 Å². The van der Waals surface area contributed by atoms with Crippen molar-refractivity contribution in [3.05, 3.63) is 107 Å². The van der Waals surface area contributed by atoms with E-state index in [-0.39, 0.29) is 17.2 Å². The topological polar surface area (TPSA) is 116 Å². The van der Waals surface area contributed by atoms with Crippen molar-refractivity contribution in [2.24, 2.45) is 0 Å². The number of carboxylic acids is 1. The lowest BCUT2D eigenvalue weighted by atomic mass is 10.0. The van der Waals surface area contributed by atoms with Crippen LogP contribution in [-0.4, -0.2) is 32.7 Å². The normalized spacial score (nSPS) is 10.7. The van der Waals surface area contributed by atoms with Gasteiger partial charge in [-0.2, -0.15) is 5.26 Å². The molecule has 3 aromatic carbocycles. The summed E-state index contributed by atoms with van der Waals surface area (Å²) in [6, 6.07) is 28.4. The molecule has 1 amide bonds. The van der Waals surface area contributed by atoms with E-state index in [2.05, 4.69) is 21.4 Å². The van der Waals surface area contributed by atoms with Gasteiger partial charge in [-0.25, -0.2) is 14.8 Å². The maximum absolute atomic E-state index is 12.7. The van der Waals surface area contributed by atoms with Crippen molar-refractivity contribution in [2.45, 2.75) is 5.03 Å². The summed E-state index contributed by atoms with van der Waals surface area (Å²) in [7, 11) is 0. The van der Waals surface area contributed by atoms with Crippen LogP contribution in [0.2, 0.25) is 5.02 Å². The molecule has 0 spiro atoms. The van der Waals surface area contributed by atoms with Crippen LogP contribution in [0.15, 0.2) is 96.0 Å². The zero-order valence-corrected chi connectivity index (χ0v) is 21.8. The van der Waals surface area contributed by atoms with Gasteiger partial charge in [0.1, 0.15) is 11.1 Å². The highest BCUT2D eigenvalue weighted by molar-refractivity contribution is 8.00. The molecule has 0 fully saturated rings. The SMILES string of the molecule is N#Cc1ccc(-c2ccc(Cl)cc2)nc1SCC(=O)Nc1ccc(-c2cc(C(=O)O)c3ccccc3n2)cc1. The second-order valence-electron chi connectivity index (χ2n) is 8.46. The first-order valence-corrected chi connectivity index (χ1v) is 13.1. The molecular weight excluding hydrogens is 532 g/mol. The minimum atomic E-state index is -1.02. The molecule has 0 bridgehead atoms. The zero-order valence-electron chi connectivity index (χ0n) is 20.3. The molecule has 39 heavy (non-hydrogen) atoms. The first kappa shape index (κ1) is 25.9. The van der Waals surface area contributed by atoms with E-state index in [1.807, 2.05) is 18.2 Å². The molecular formula is C30H19ClN4O3S. The number of rotatable bonds is 7. The molecule has 2 aromatic heterocycles. The van der Waals surface area contributed by atoms with E-state index in [4.69, 9.17) is 11.6 Å². The fraction of sp³-hybridized carbons (Fsp3) is 0.0333. The number of fused-ring (bicyclic) bond motifs is 1. The number of carbonyl (C=O) groups excluding carboxylic acids is 1. The third kappa shape index (κ3) is 5.91. The standard InChI is InChI=1S/C30H19ClN4O3S/c31-21-10-5-18(6-11-21)25-14-9-20(16-32)29(35-25)39-17-28(36)33-22-12-7-19(8-13-22)27-15-24(30(37)38)23-3-1-2-4-26(23)34-27/h1-15H,17H2,(H,33,36)(H,37,38). The van der Waals surface area contributed by atoms with E-state index < -0.39 is 5.97 Å². The monoisotopic (exact) mass is 550 g/mol. The summed E-state index contributed by atoms with van der Waals surface area (Å²) in [6.45, 7) is 0. The Morgan fingerprint density at radius 1 is 0.897 bits per heavy atom. The molecule has 5 rings (SSSR count). The van der Waals surface area contributed by atoms with Gasteiger partial charge in [-0.1, -0.05) is 65.8 Å². The van der Waals surface area contributed by atoms with Crippen LogP contribution < -0.4 is 5.32 Å². The zero-order chi connectivity index (χ0) is 27.4. The lowest BCUT2D eigenvalue weighted by molar-refractivity contribution is -0.113. The summed E-state index contributed by atoms with van der Waals surface area (Å²) in [5.74, 6) is -1.22. The van der Waals surface area contributed by atoms with E-state index in [1.165, 1.54) is 11.8 Å². The summed E-state index contributed by atoms with van der Waals surface area (Å²) in [6.07, 6.45) is 0. The number of para-hydroxylation sites is 1. The van der Waals surface area contributed by atoms with Crippen molar-refractivity contribution in [1.29, 1.82) is 5.26 Å². The highest BCUT2D eigenvalue weighted by Crippen LogP contribution is 2.28. The van der Waals surface area contributed by atoms with Crippen molar-refractivity contribution < 1.29 is 14.7 Å². The number of hydrogen-bond donors (Lipinski definition) is 2. The van der Waals surface area contributed by atoms with Crippen LogP contribution in [0.3, 0.4) is 0 Å². The molecule has 0 saturated heterocycles. The minimum absolute atomic E-state index is 0.0572. The van der Waals surface area contributed by atoms with Gasteiger partial charge in [0.15, 0.2) is 0 Å². The number of aromatic carboxylic acids is 1. The fourth-order valence-corrected chi connectivity index (χ4v) is 4.87. The second kappa shape index (κ2) is 11.4. The first-order chi connectivity index (χ1) is 18.9. The molecule has 5 aromatic rings. The number of nitrogens with zero attached hydrogens (tertiary/aromatic N) is 3. The maximum atomic E-state index is 12.7. The number of thioether (sulfide) groups is 1. The van der Waals surface area contributed by atoms with Gasteiger partial charge in [0.25, 0.3) is 0 Å². The summed E-state index contributed by atoms with van der Waals surface area (Å²) in [5.41, 5.74) is 4.50. The summed E-state index contributed by atoms with van der Waals surface area (Å²) >= 11 is 7.15. The van der Waals surface area contributed by atoms with E-state index in [0.717, 1.165) is 11.1 Å². The molecule has 0 aliphatic carbocycles. The number of nitriles is 1. The van der Waals surface area contributed by atoms with E-state index in [0.29, 0.717) is 43.6 Å². The minimum Gasteiger partial charge on any atom is -0.478 e. The van der Waals surface area contributed by atoms with E-state index >= 15 is 0 Å². The average Bonchev–Trinajstić information content (AvgIpc) is 2.96. The Balaban J connectivity index is 1.28. The molecule has 0 radical (unpaired) electrons. The molecule has 0 saturated carbocycles. The Kier molecular flexibility index (Phi) is 7.55. The van der Waals surface area contributed by atoms with Crippen molar-refractivity contribution in [3.8, 4) is 28.6 Å². The largest absolute Gasteiger partial charge is 0.478 e. The molecule has 0 unspecified atom stereocenters. The van der Waals surface area contributed by atoms with Gasteiger partial charge in [-0.05, 0) is 48.5 Å². The molecule has 9 heteroatoms. The number of hydrogen-bond acceptors (Lipinski definition) is 6. The third-order valence-corrected chi connectivity index (χ3v) is 7.11. The highest BCUT2D eigenvalue weighted by Gasteiger charge is 2.14. The number of pyridine rings is 2. The average molecular weight is 551 g/mol. The first-order valence-electron chi connectivity index (χ1n) is 11.7. The number of amides is 1. The number of benzene rings is 3. The Labute approximate surface area is 233 Å². The van der Waals surface area contributed by atoms with Crippen LogP contribution in [-0.2, 0) is 4.79 Å². The summed E-state index contributed by atoms with van der Waals surface area (Å²) < 4.78 is 0. The quantitative estimate of drug-likeness (QED) is 0.211. The second-order valence-corrected chi connectivity index (χ2v) is 9.86. The summed E-state index contributed by atoms with van der Waals surface area (Å²) in [4.78, 5) is 33.6. The van der Waals surface area contributed by atoms with Crippen LogP contribution in [0.5, 0.6) is 0 Å². The molecule has 2 N–H and O–H groups in total. The number of anilines is 1. The van der Waals surface area contributed by atoms with E-state index in [1.54, 1.807) is 72.8 Å². The van der Waals surface area contributed by atoms with Crippen LogP contribution in [0.25, 0.3) is 33.4 Å². The number of halogens is 1. The fourth-order valence-electron chi connectivity index (χ4n) is 3.97. The number of carbonyl (C=O) groups is 2. The van der Waals surface area contributed by atoms with Gasteiger partial charge >= 0.3 is 5.97 Å². The molecule has 0 atom stereocenters. The van der Waals surface area contributed by atoms with Gasteiger partial charge < -0.3 is 10.4 Å². The lowest BCUT2D eigenvalue weighted by Crippen LogP contribution is -2.14. The molecule has 0 aliphatic heterocycles. The van der Waals surface area contributed by atoms with Crippen molar-refractivity contribution in [1.82, 2.24) is 9.97 Å². The van der Waals surface area contributed by atoms with Crippen LogP contribution >= 0.6 is 23.4 Å². The molecule has 7 nitrogen and oxygen atoms in total. The predicted octanol–water partition coefficient (Wildman–Crippen LogP) is 6.92. The van der Waals surface area contributed by atoms with Crippen LogP contribution in [0.1, 0.15) is 15.9 Å².